The molecule has 1 atom stereocenters. The largest absolute Gasteiger partial charge is 0.612 e. The summed E-state index contributed by atoms with van der Waals surface area (Å²) in [6.45, 7) is 0. The molecule has 0 saturated heterocycles. The third kappa shape index (κ3) is 2.62. The molecule has 0 aliphatic heterocycles. The average Bonchev–Trinajstić information content (AvgIpc) is 2.03. The molecule has 5 heteroatoms. The number of nitrogens with two attached hydrogens (primary N) is 1. The predicted octanol–water partition coefficient (Wildman–Crippen LogP) is 1.18. The summed E-state index contributed by atoms with van der Waals surface area (Å²) in [7, 11) is 0. The number of halogens is 1. The number of carbonyl (C=O) groups excluding carboxylic acids is 1. The zero-order valence-electron chi connectivity index (χ0n) is 6.91. The van der Waals surface area contributed by atoms with Crippen LogP contribution in [0.4, 0.5) is 0 Å². The fourth-order valence-corrected chi connectivity index (χ4v) is 1.76. The third-order valence-corrected chi connectivity index (χ3v) is 2.61. The summed E-state index contributed by atoms with van der Waals surface area (Å²) in [6, 6.07) is 4.47. The highest BCUT2D eigenvalue weighted by Gasteiger charge is 2.10. The maximum absolute atomic E-state index is 11.1. The lowest BCUT2D eigenvalue weighted by molar-refractivity contribution is 0.1000. The topological polar surface area (TPSA) is 66.2 Å². The molecule has 0 bridgehead atoms. The van der Waals surface area contributed by atoms with E-state index >= 15 is 0 Å². The molecule has 1 amide bonds. The molecule has 1 rings (SSSR count). The maximum Gasteiger partial charge on any atom is 0.248 e. The van der Waals surface area contributed by atoms with Crippen molar-refractivity contribution >= 4 is 28.7 Å². The van der Waals surface area contributed by atoms with Gasteiger partial charge in [0, 0.05) is 22.7 Å². The van der Waals surface area contributed by atoms with E-state index in [9.17, 15) is 9.35 Å². The highest BCUT2D eigenvalue weighted by Crippen LogP contribution is 2.18. The second kappa shape index (κ2) is 4.00. The van der Waals surface area contributed by atoms with Crippen molar-refractivity contribution in [2.75, 3.05) is 6.26 Å². The van der Waals surface area contributed by atoms with Crippen molar-refractivity contribution in [2.45, 2.75) is 4.90 Å². The van der Waals surface area contributed by atoms with Gasteiger partial charge < -0.3 is 10.3 Å². The van der Waals surface area contributed by atoms with Gasteiger partial charge in [0.25, 0.3) is 0 Å². The molecule has 0 aliphatic carbocycles. The van der Waals surface area contributed by atoms with E-state index in [1.807, 2.05) is 0 Å². The maximum atomic E-state index is 11.1. The van der Waals surface area contributed by atoms with Crippen molar-refractivity contribution < 1.29 is 9.35 Å². The summed E-state index contributed by atoms with van der Waals surface area (Å²) in [5, 5.41) is 0.363. The minimum absolute atomic E-state index is 0.276. The van der Waals surface area contributed by atoms with Crippen LogP contribution in [-0.4, -0.2) is 16.7 Å². The molecule has 0 fully saturated rings. The quantitative estimate of drug-likeness (QED) is 0.756. The lowest BCUT2D eigenvalue weighted by Gasteiger charge is -2.05. The lowest BCUT2D eigenvalue weighted by atomic mass is 10.2. The molecule has 1 aromatic rings. The first-order chi connectivity index (χ1) is 6.00. The molecular weight excluding hydrogens is 210 g/mol. The Kier molecular flexibility index (Phi) is 3.19. The number of hydrogen-bond acceptors (Lipinski definition) is 2. The van der Waals surface area contributed by atoms with E-state index < -0.39 is 17.1 Å². The first-order valence-electron chi connectivity index (χ1n) is 3.44. The van der Waals surface area contributed by atoms with E-state index in [1.165, 1.54) is 18.4 Å². The van der Waals surface area contributed by atoms with E-state index in [2.05, 4.69) is 0 Å². The minimum Gasteiger partial charge on any atom is -0.612 e. The Hall–Kier alpha value is -0.710. The Labute approximate surface area is 84.1 Å². The number of primary amides is 1. The Morgan fingerprint density at radius 2 is 2.15 bits per heavy atom. The molecule has 0 radical (unpaired) electrons. The van der Waals surface area contributed by atoms with Crippen LogP contribution >= 0.6 is 11.6 Å². The van der Waals surface area contributed by atoms with Gasteiger partial charge in [-0.25, -0.2) is 0 Å². The highest BCUT2D eigenvalue weighted by molar-refractivity contribution is 7.90. The highest BCUT2D eigenvalue weighted by atomic mass is 35.5. The van der Waals surface area contributed by atoms with Gasteiger partial charge in [-0.1, -0.05) is 11.6 Å². The number of benzene rings is 1. The Morgan fingerprint density at radius 3 is 2.62 bits per heavy atom. The molecule has 2 N–H and O–H groups in total. The molecule has 0 heterocycles. The summed E-state index contributed by atoms with van der Waals surface area (Å²) >= 11 is 4.54. The second-order valence-electron chi connectivity index (χ2n) is 2.49. The number of amides is 1. The van der Waals surface area contributed by atoms with Gasteiger partial charge in [0.1, 0.15) is 6.26 Å². The van der Waals surface area contributed by atoms with E-state index in [-0.39, 0.29) is 5.56 Å². The van der Waals surface area contributed by atoms with Crippen molar-refractivity contribution in [1.82, 2.24) is 0 Å². The van der Waals surface area contributed by atoms with E-state index in [0.29, 0.717) is 9.92 Å². The predicted molar refractivity (Wildman–Crippen MR) is 52.3 cm³/mol. The SMILES string of the molecule is C[S+]([O-])c1cc(Cl)cc(C(N)=O)c1. The smallest absolute Gasteiger partial charge is 0.248 e. The van der Waals surface area contributed by atoms with E-state index in [4.69, 9.17) is 17.3 Å². The van der Waals surface area contributed by atoms with Crippen molar-refractivity contribution in [2.24, 2.45) is 5.73 Å². The Balaban J connectivity index is 3.19. The van der Waals surface area contributed by atoms with Crippen LogP contribution in [0.15, 0.2) is 23.1 Å². The molecule has 3 nitrogen and oxygen atoms in total. The van der Waals surface area contributed by atoms with Crippen LogP contribution in [0.5, 0.6) is 0 Å². The van der Waals surface area contributed by atoms with Crippen molar-refractivity contribution in [1.29, 1.82) is 0 Å². The van der Waals surface area contributed by atoms with E-state index in [1.54, 1.807) is 6.07 Å². The molecular formula is C8H8ClNO2S. The number of carbonyl (C=O) groups is 1. The van der Waals surface area contributed by atoms with Crippen LogP contribution in [0.25, 0.3) is 0 Å². The van der Waals surface area contributed by atoms with Crippen molar-refractivity contribution in [3.05, 3.63) is 28.8 Å². The summed E-state index contributed by atoms with van der Waals surface area (Å²) in [6.07, 6.45) is 1.51. The zero-order chi connectivity index (χ0) is 10.0. The summed E-state index contributed by atoms with van der Waals surface area (Å²) in [5.41, 5.74) is 5.33. The second-order valence-corrected chi connectivity index (χ2v) is 4.31. The Morgan fingerprint density at radius 1 is 1.54 bits per heavy atom. The monoisotopic (exact) mass is 217 g/mol. The van der Waals surface area contributed by atoms with Gasteiger partial charge >= 0.3 is 0 Å². The van der Waals surface area contributed by atoms with Gasteiger partial charge in [0.15, 0.2) is 4.90 Å². The number of rotatable bonds is 2. The van der Waals surface area contributed by atoms with Gasteiger partial charge in [0.05, 0.1) is 0 Å². The molecule has 13 heavy (non-hydrogen) atoms. The molecule has 1 aromatic carbocycles. The van der Waals surface area contributed by atoms with E-state index in [0.717, 1.165) is 0 Å². The van der Waals surface area contributed by atoms with Gasteiger partial charge in [-0.3, -0.25) is 4.79 Å². The van der Waals surface area contributed by atoms with Gasteiger partial charge in [-0.15, -0.1) is 0 Å². The van der Waals surface area contributed by atoms with Gasteiger partial charge in [0.2, 0.25) is 5.91 Å². The first kappa shape index (κ1) is 10.4. The van der Waals surface area contributed by atoms with Crippen LogP contribution in [0.1, 0.15) is 10.4 Å². The van der Waals surface area contributed by atoms with Crippen LogP contribution in [0.3, 0.4) is 0 Å². The van der Waals surface area contributed by atoms with Crippen LogP contribution in [0.2, 0.25) is 5.02 Å². The van der Waals surface area contributed by atoms with Crippen molar-refractivity contribution in [3.63, 3.8) is 0 Å². The molecule has 0 aliphatic rings. The third-order valence-electron chi connectivity index (χ3n) is 1.49. The standard InChI is InChI=1S/C8H8ClNO2S/c1-13(12)7-3-5(8(10)11)2-6(9)4-7/h2-4H,1H3,(H2,10,11). The minimum atomic E-state index is -1.16. The van der Waals surface area contributed by atoms with Crippen molar-refractivity contribution in [3.8, 4) is 0 Å². The first-order valence-corrected chi connectivity index (χ1v) is 5.38. The molecule has 0 aromatic heterocycles. The van der Waals surface area contributed by atoms with Crippen LogP contribution in [0, 0.1) is 0 Å². The Bertz CT molecular complexity index is 341. The van der Waals surface area contributed by atoms with Gasteiger partial charge in [-0.05, 0) is 17.2 Å². The molecule has 70 valence electrons. The lowest BCUT2D eigenvalue weighted by Crippen LogP contribution is -2.12. The van der Waals surface area contributed by atoms with Crippen LogP contribution < -0.4 is 5.73 Å². The van der Waals surface area contributed by atoms with Gasteiger partial charge in [-0.2, -0.15) is 0 Å². The molecule has 1 unspecified atom stereocenters. The molecule has 0 spiro atoms. The fourth-order valence-electron chi connectivity index (χ4n) is 0.871. The molecule has 0 saturated carbocycles. The fraction of sp³-hybridized carbons (Fsp3) is 0.125. The summed E-state index contributed by atoms with van der Waals surface area (Å²) in [5.74, 6) is -0.575. The average molecular weight is 218 g/mol. The summed E-state index contributed by atoms with van der Waals surface area (Å²) < 4.78 is 11.1. The van der Waals surface area contributed by atoms with Crippen LogP contribution in [-0.2, 0) is 11.2 Å². The number of hydrogen-bond donors (Lipinski definition) is 1. The zero-order valence-corrected chi connectivity index (χ0v) is 8.48. The summed E-state index contributed by atoms with van der Waals surface area (Å²) in [4.78, 5) is 11.3. The normalized spacial score (nSPS) is 12.5.